The molecule has 1 aromatic carbocycles. The van der Waals surface area contributed by atoms with Crippen LogP contribution >= 0.6 is 12.4 Å². The summed E-state index contributed by atoms with van der Waals surface area (Å²) in [5.41, 5.74) is 0. The molecule has 0 spiro atoms. The van der Waals surface area contributed by atoms with Crippen LogP contribution in [0.3, 0.4) is 0 Å². The number of likely N-dealkylation sites (N-methyl/N-ethyl adjacent to an activating group) is 1. The van der Waals surface area contributed by atoms with Crippen molar-refractivity contribution in [3.63, 3.8) is 0 Å². The van der Waals surface area contributed by atoms with E-state index in [1.807, 2.05) is 31.3 Å². The van der Waals surface area contributed by atoms with E-state index in [0.717, 1.165) is 24.3 Å². The minimum absolute atomic E-state index is 0. The third-order valence-corrected chi connectivity index (χ3v) is 5.21. The van der Waals surface area contributed by atoms with Gasteiger partial charge in [0.15, 0.2) is 0 Å². The van der Waals surface area contributed by atoms with Crippen LogP contribution in [0.25, 0.3) is 0 Å². The highest BCUT2D eigenvalue weighted by molar-refractivity contribution is 5.85. The molecule has 1 N–H and O–H groups in total. The zero-order valence-electron chi connectivity index (χ0n) is 15.1. The van der Waals surface area contributed by atoms with E-state index >= 15 is 0 Å². The summed E-state index contributed by atoms with van der Waals surface area (Å²) in [6.45, 7) is 1.12. The molecule has 1 amide bonds. The second-order valence-corrected chi connectivity index (χ2v) is 7.02. The second kappa shape index (κ2) is 9.30. The number of piperidine rings is 1. The molecule has 2 aliphatic heterocycles. The Morgan fingerprint density at radius 2 is 1.76 bits per heavy atom. The van der Waals surface area contributed by atoms with E-state index in [1.165, 1.54) is 12.8 Å². The summed E-state index contributed by atoms with van der Waals surface area (Å²) in [4.78, 5) is 14.2. The van der Waals surface area contributed by atoms with E-state index in [-0.39, 0.29) is 18.3 Å². The van der Waals surface area contributed by atoms with Gasteiger partial charge >= 0.3 is 0 Å². The van der Waals surface area contributed by atoms with Crippen molar-refractivity contribution in [1.29, 1.82) is 0 Å². The largest absolute Gasteiger partial charge is 0.497 e. The number of methoxy groups -OCH3 is 1. The van der Waals surface area contributed by atoms with E-state index in [4.69, 9.17) is 9.47 Å². The molecule has 3 rings (SSSR count). The topological polar surface area (TPSA) is 50.8 Å². The second-order valence-electron chi connectivity index (χ2n) is 7.02. The van der Waals surface area contributed by atoms with Crippen molar-refractivity contribution in [3.05, 3.63) is 24.3 Å². The molecule has 2 atom stereocenters. The smallest absolute Gasteiger partial charge is 0.222 e. The molecule has 0 radical (unpaired) electrons. The van der Waals surface area contributed by atoms with Crippen LogP contribution in [0.5, 0.6) is 11.5 Å². The first-order chi connectivity index (χ1) is 11.6. The number of benzene rings is 1. The van der Waals surface area contributed by atoms with Crippen molar-refractivity contribution in [1.82, 2.24) is 10.2 Å². The third kappa shape index (κ3) is 5.51. The summed E-state index contributed by atoms with van der Waals surface area (Å²) < 4.78 is 10.8. The first kappa shape index (κ1) is 19.9. The Hall–Kier alpha value is -1.46. The molecule has 25 heavy (non-hydrogen) atoms. The van der Waals surface area contributed by atoms with Crippen LogP contribution in [0.4, 0.5) is 0 Å². The molecule has 2 heterocycles. The Bertz CT molecular complexity index is 540. The molecule has 2 unspecified atom stereocenters. The van der Waals surface area contributed by atoms with Gasteiger partial charge in [-0.05, 0) is 55.9 Å². The molecule has 5 nitrogen and oxygen atoms in total. The Balaban J connectivity index is 0.00000225. The summed E-state index contributed by atoms with van der Waals surface area (Å²) in [7, 11) is 3.51. The van der Waals surface area contributed by atoms with Crippen LogP contribution in [-0.4, -0.2) is 50.2 Å². The van der Waals surface area contributed by atoms with Crippen LogP contribution in [0, 0.1) is 5.92 Å². The fourth-order valence-electron chi connectivity index (χ4n) is 3.84. The summed E-state index contributed by atoms with van der Waals surface area (Å²) in [6.07, 6.45) is 5.53. The summed E-state index contributed by atoms with van der Waals surface area (Å²) in [5, 5.41) is 3.63. The van der Waals surface area contributed by atoms with Gasteiger partial charge in [0.2, 0.25) is 5.91 Å². The molecule has 0 aromatic heterocycles. The fraction of sp³-hybridized carbons (Fsp3) is 0.632. The minimum Gasteiger partial charge on any atom is -0.497 e. The van der Waals surface area contributed by atoms with Crippen molar-refractivity contribution in [2.24, 2.45) is 5.92 Å². The van der Waals surface area contributed by atoms with Gasteiger partial charge in [0.25, 0.3) is 0 Å². The van der Waals surface area contributed by atoms with E-state index in [9.17, 15) is 4.79 Å². The van der Waals surface area contributed by atoms with Crippen molar-refractivity contribution >= 4 is 18.3 Å². The first-order valence-corrected chi connectivity index (χ1v) is 8.91. The fourth-order valence-corrected chi connectivity index (χ4v) is 3.84. The summed E-state index contributed by atoms with van der Waals surface area (Å²) in [5.74, 6) is 2.39. The van der Waals surface area contributed by atoms with Crippen molar-refractivity contribution in [2.45, 2.75) is 44.2 Å². The Kier molecular flexibility index (Phi) is 7.38. The lowest BCUT2D eigenvalue weighted by atomic mass is 9.89. The van der Waals surface area contributed by atoms with Crippen molar-refractivity contribution < 1.29 is 14.3 Å². The SMILES string of the molecule is COc1ccc(OCCN(C)C(=O)CC2CC3CCC(C2)N3)cc1.Cl. The molecule has 2 bridgehead atoms. The quantitative estimate of drug-likeness (QED) is 0.804. The predicted molar refractivity (Wildman–Crippen MR) is 101 cm³/mol. The van der Waals surface area contributed by atoms with Gasteiger partial charge in [-0.15, -0.1) is 12.4 Å². The number of ether oxygens (including phenoxy) is 2. The van der Waals surface area contributed by atoms with Gasteiger partial charge < -0.3 is 19.7 Å². The average Bonchev–Trinajstić information content (AvgIpc) is 2.94. The normalized spacial score (nSPS) is 24.3. The van der Waals surface area contributed by atoms with Gasteiger partial charge in [0.1, 0.15) is 18.1 Å². The van der Waals surface area contributed by atoms with Gasteiger partial charge in [-0.2, -0.15) is 0 Å². The minimum atomic E-state index is 0. The lowest BCUT2D eigenvalue weighted by Crippen LogP contribution is -2.40. The molecular weight excluding hydrogens is 340 g/mol. The number of carbonyl (C=O) groups is 1. The molecule has 1 aromatic rings. The molecule has 2 fully saturated rings. The van der Waals surface area contributed by atoms with E-state index < -0.39 is 0 Å². The highest BCUT2D eigenvalue weighted by Crippen LogP contribution is 2.32. The maximum absolute atomic E-state index is 12.4. The van der Waals surface area contributed by atoms with Crippen LogP contribution in [0.15, 0.2) is 24.3 Å². The number of carbonyl (C=O) groups excluding carboxylic acids is 1. The van der Waals surface area contributed by atoms with Crippen LogP contribution in [0.1, 0.15) is 32.1 Å². The van der Waals surface area contributed by atoms with Gasteiger partial charge in [-0.25, -0.2) is 0 Å². The van der Waals surface area contributed by atoms with E-state index in [1.54, 1.807) is 12.0 Å². The van der Waals surface area contributed by atoms with Crippen LogP contribution in [-0.2, 0) is 4.79 Å². The molecule has 2 saturated heterocycles. The zero-order chi connectivity index (χ0) is 16.9. The van der Waals surface area contributed by atoms with Crippen molar-refractivity contribution in [2.75, 3.05) is 27.3 Å². The van der Waals surface area contributed by atoms with Gasteiger partial charge in [-0.1, -0.05) is 0 Å². The number of hydrogen-bond acceptors (Lipinski definition) is 4. The highest BCUT2D eigenvalue weighted by Gasteiger charge is 2.34. The maximum atomic E-state index is 12.4. The number of halogens is 1. The standard InChI is InChI=1S/C19H28N2O3.ClH/c1-21(9-10-24-18-7-5-17(23-2)6-8-18)19(22)13-14-11-15-3-4-16(12-14)20-15;/h5-8,14-16,20H,3-4,9-13H2,1-2H3;1H. The predicted octanol–water partition coefficient (Wildman–Crippen LogP) is 2.87. The Morgan fingerprint density at radius 1 is 1.16 bits per heavy atom. The number of rotatable bonds is 7. The van der Waals surface area contributed by atoms with Gasteiger partial charge in [0.05, 0.1) is 13.7 Å². The van der Waals surface area contributed by atoms with Crippen molar-refractivity contribution in [3.8, 4) is 11.5 Å². The highest BCUT2D eigenvalue weighted by atomic mass is 35.5. The summed E-state index contributed by atoms with van der Waals surface area (Å²) in [6, 6.07) is 8.79. The van der Waals surface area contributed by atoms with Crippen LogP contribution < -0.4 is 14.8 Å². The molecule has 0 saturated carbocycles. The monoisotopic (exact) mass is 368 g/mol. The van der Waals surface area contributed by atoms with Crippen LogP contribution in [0.2, 0.25) is 0 Å². The number of amides is 1. The van der Waals surface area contributed by atoms with Gasteiger partial charge in [0, 0.05) is 25.6 Å². The average molecular weight is 369 g/mol. The number of nitrogens with zero attached hydrogens (tertiary/aromatic N) is 1. The zero-order valence-corrected chi connectivity index (χ0v) is 15.9. The molecule has 140 valence electrons. The Labute approximate surface area is 156 Å². The molecule has 2 aliphatic rings. The lowest BCUT2D eigenvalue weighted by Gasteiger charge is -2.30. The first-order valence-electron chi connectivity index (χ1n) is 8.91. The third-order valence-electron chi connectivity index (χ3n) is 5.21. The number of fused-ring (bicyclic) bond motifs is 2. The molecule has 0 aliphatic carbocycles. The Morgan fingerprint density at radius 3 is 2.36 bits per heavy atom. The van der Waals surface area contributed by atoms with E-state index in [0.29, 0.717) is 37.6 Å². The number of hydrogen-bond donors (Lipinski definition) is 1. The molecular formula is C19H29ClN2O3. The maximum Gasteiger partial charge on any atom is 0.222 e. The van der Waals surface area contributed by atoms with E-state index in [2.05, 4.69) is 5.32 Å². The van der Waals surface area contributed by atoms with Gasteiger partial charge in [-0.3, -0.25) is 4.79 Å². The summed E-state index contributed by atoms with van der Waals surface area (Å²) >= 11 is 0. The lowest BCUT2D eigenvalue weighted by molar-refractivity contribution is -0.131. The number of nitrogens with one attached hydrogen (secondary N) is 1. The molecule has 6 heteroatoms.